The number of aldehydes is 1. The van der Waals surface area contributed by atoms with Crippen molar-refractivity contribution in [1.82, 2.24) is 4.57 Å². The number of benzene rings is 2. The minimum atomic E-state index is 0.504. The Bertz CT molecular complexity index is 789. The minimum absolute atomic E-state index is 0.504. The quantitative estimate of drug-likeness (QED) is 0.650. The number of aromatic nitrogens is 1. The van der Waals surface area contributed by atoms with Gasteiger partial charge in [-0.3, -0.25) is 4.79 Å². The largest absolute Gasteiger partial charge is 0.327 e. The normalized spacial score (nSPS) is 10.9. The zero-order valence-corrected chi connectivity index (χ0v) is 11.9. The topological polar surface area (TPSA) is 22.0 Å². The van der Waals surface area contributed by atoms with Crippen LogP contribution in [0.2, 0.25) is 5.15 Å². The second kappa shape index (κ2) is 5.14. The van der Waals surface area contributed by atoms with Crippen LogP contribution in [-0.2, 0) is 6.54 Å². The first-order chi connectivity index (χ1) is 9.72. The third-order valence-corrected chi connectivity index (χ3v) is 4.06. The van der Waals surface area contributed by atoms with Crippen LogP contribution in [0, 0.1) is 6.92 Å². The summed E-state index contributed by atoms with van der Waals surface area (Å²) in [7, 11) is 0. The number of halogens is 1. The molecule has 1 heterocycles. The lowest BCUT2D eigenvalue weighted by atomic mass is 10.1. The standard InChI is InChI=1S/C17H14ClNO/c1-12-6-2-3-7-13(12)10-19-16-9-5-4-8-14(16)15(11-20)17(19)18/h2-9,11H,10H2,1H3. The van der Waals surface area contributed by atoms with Gasteiger partial charge in [0.2, 0.25) is 0 Å². The number of carbonyl (C=O) groups excluding carboxylic acids is 1. The third-order valence-electron chi connectivity index (χ3n) is 3.65. The van der Waals surface area contributed by atoms with E-state index in [0.717, 1.165) is 17.2 Å². The molecule has 2 nitrogen and oxygen atoms in total. The van der Waals surface area contributed by atoms with E-state index in [4.69, 9.17) is 11.6 Å². The number of aryl methyl sites for hydroxylation is 1. The molecule has 0 saturated carbocycles. The second-order valence-corrected chi connectivity index (χ2v) is 5.21. The van der Waals surface area contributed by atoms with Gasteiger partial charge in [0, 0.05) is 11.9 Å². The van der Waals surface area contributed by atoms with E-state index in [0.29, 0.717) is 17.3 Å². The molecule has 100 valence electrons. The van der Waals surface area contributed by atoms with Crippen molar-refractivity contribution in [2.45, 2.75) is 13.5 Å². The first kappa shape index (κ1) is 12.9. The van der Waals surface area contributed by atoms with Crippen molar-refractivity contribution < 1.29 is 4.79 Å². The molecule has 0 N–H and O–H groups in total. The molecule has 0 aliphatic heterocycles. The number of rotatable bonds is 3. The predicted octanol–water partition coefficient (Wildman–Crippen LogP) is 4.46. The van der Waals surface area contributed by atoms with Crippen LogP contribution >= 0.6 is 11.6 Å². The molecule has 0 bridgehead atoms. The second-order valence-electron chi connectivity index (χ2n) is 4.85. The summed E-state index contributed by atoms with van der Waals surface area (Å²) in [4.78, 5) is 11.3. The Morgan fingerprint density at radius 1 is 1.10 bits per heavy atom. The fraction of sp³-hybridized carbons (Fsp3) is 0.118. The molecule has 3 heteroatoms. The molecule has 3 rings (SSSR count). The molecule has 0 atom stereocenters. The van der Waals surface area contributed by atoms with Crippen molar-refractivity contribution in [3.63, 3.8) is 0 Å². The van der Waals surface area contributed by atoms with Crippen molar-refractivity contribution >= 4 is 28.8 Å². The fourth-order valence-electron chi connectivity index (χ4n) is 2.52. The summed E-state index contributed by atoms with van der Waals surface area (Å²) < 4.78 is 1.99. The molecule has 0 saturated heterocycles. The van der Waals surface area contributed by atoms with Crippen molar-refractivity contribution in [2.75, 3.05) is 0 Å². The van der Waals surface area contributed by atoms with Crippen LogP contribution in [0.4, 0.5) is 0 Å². The van der Waals surface area contributed by atoms with Crippen LogP contribution in [0.3, 0.4) is 0 Å². The Labute approximate surface area is 122 Å². The van der Waals surface area contributed by atoms with Crippen LogP contribution < -0.4 is 0 Å². The van der Waals surface area contributed by atoms with Gasteiger partial charge in [0.15, 0.2) is 6.29 Å². The molecule has 20 heavy (non-hydrogen) atoms. The summed E-state index contributed by atoms with van der Waals surface area (Å²) in [6.07, 6.45) is 0.832. The average molecular weight is 284 g/mol. The van der Waals surface area contributed by atoms with Gasteiger partial charge >= 0.3 is 0 Å². The highest BCUT2D eigenvalue weighted by Gasteiger charge is 2.15. The molecule has 0 fully saturated rings. The molecule has 2 aromatic carbocycles. The van der Waals surface area contributed by atoms with E-state index < -0.39 is 0 Å². The number of hydrogen-bond donors (Lipinski definition) is 0. The monoisotopic (exact) mass is 283 g/mol. The molecule has 1 aromatic heterocycles. The summed E-state index contributed by atoms with van der Waals surface area (Å²) >= 11 is 6.39. The van der Waals surface area contributed by atoms with Gasteiger partial charge in [-0.25, -0.2) is 0 Å². The van der Waals surface area contributed by atoms with E-state index in [2.05, 4.69) is 19.1 Å². The number of hydrogen-bond acceptors (Lipinski definition) is 1. The molecule has 0 radical (unpaired) electrons. The Morgan fingerprint density at radius 2 is 1.80 bits per heavy atom. The minimum Gasteiger partial charge on any atom is -0.327 e. The molecule has 3 aromatic rings. The molecule has 0 spiro atoms. The smallest absolute Gasteiger partial charge is 0.153 e. The number of nitrogens with zero attached hydrogens (tertiary/aromatic N) is 1. The van der Waals surface area contributed by atoms with E-state index >= 15 is 0 Å². The Hall–Kier alpha value is -2.06. The van der Waals surface area contributed by atoms with E-state index in [1.54, 1.807) is 0 Å². The summed E-state index contributed by atoms with van der Waals surface area (Å²) in [6.45, 7) is 2.75. The highest BCUT2D eigenvalue weighted by Crippen LogP contribution is 2.29. The van der Waals surface area contributed by atoms with Crippen LogP contribution in [0.1, 0.15) is 21.5 Å². The highest BCUT2D eigenvalue weighted by atomic mass is 35.5. The predicted molar refractivity (Wildman–Crippen MR) is 82.6 cm³/mol. The fourth-order valence-corrected chi connectivity index (χ4v) is 2.82. The zero-order valence-electron chi connectivity index (χ0n) is 11.1. The molecule has 0 amide bonds. The average Bonchev–Trinajstić information content (AvgIpc) is 2.74. The number of para-hydroxylation sites is 1. The summed E-state index contributed by atoms with van der Waals surface area (Å²) in [6, 6.07) is 16.0. The van der Waals surface area contributed by atoms with Gasteiger partial charge < -0.3 is 4.57 Å². The van der Waals surface area contributed by atoms with E-state index in [1.807, 2.05) is 41.0 Å². The van der Waals surface area contributed by atoms with Crippen molar-refractivity contribution in [2.24, 2.45) is 0 Å². The Balaban J connectivity index is 2.19. The maximum Gasteiger partial charge on any atom is 0.153 e. The summed E-state index contributed by atoms with van der Waals surface area (Å²) in [5.74, 6) is 0. The lowest BCUT2D eigenvalue weighted by molar-refractivity contribution is 0.112. The highest BCUT2D eigenvalue weighted by molar-refractivity contribution is 6.34. The van der Waals surface area contributed by atoms with E-state index in [9.17, 15) is 4.79 Å². The first-order valence-electron chi connectivity index (χ1n) is 6.49. The van der Waals surface area contributed by atoms with Crippen molar-refractivity contribution in [1.29, 1.82) is 0 Å². The van der Waals surface area contributed by atoms with Crippen LogP contribution in [0.25, 0.3) is 10.9 Å². The van der Waals surface area contributed by atoms with Gasteiger partial charge in [-0.1, -0.05) is 54.1 Å². The lowest BCUT2D eigenvalue weighted by Crippen LogP contribution is -2.01. The maximum atomic E-state index is 11.3. The maximum absolute atomic E-state index is 11.3. The Morgan fingerprint density at radius 3 is 2.55 bits per heavy atom. The number of fused-ring (bicyclic) bond motifs is 1. The molecule has 0 aliphatic carbocycles. The third kappa shape index (κ3) is 2.02. The number of carbonyl (C=O) groups is 1. The van der Waals surface area contributed by atoms with E-state index in [-0.39, 0.29) is 0 Å². The summed E-state index contributed by atoms with van der Waals surface area (Å²) in [5, 5.41) is 1.41. The van der Waals surface area contributed by atoms with Gasteiger partial charge in [-0.2, -0.15) is 0 Å². The summed E-state index contributed by atoms with van der Waals surface area (Å²) in [5.41, 5.74) is 3.97. The van der Waals surface area contributed by atoms with Gasteiger partial charge in [0.05, 0.1) is 11.1 Å². The van der Waals surface area contributed by atoms with Crippen LogP contribution in [0.15, 0.2) is 48.5 Å². The zero-order chi connectivity index (χ0) is 14.1. The SMILES string of the molecule is Cc1ccccc1Cn1c(Cl)c(C=O)c2ccccc21. The molecular weight excluding hydrogens is 270 g/mol. The first-order valence-corrected chi connectivity index (χ1v) is 6.86. The van der Waals surface area contributed by atoms with Gasteiger partial charge in [-0.15, -0.1) is 0 Å². The molecule has 0 unspecified atom stereocenters. The van der Waals surface area contributed by atoms with Gasteiger partial charge in [0.25, 0.3) is 0 Å². The molecule has 0 aliphatic rings. The van der Waals surface area contributed by atoms with Gasteiger partial charge in [-0.05, 0) is 24.1 Å². The van der Waals surface area contributed by atoms with Crippen molar-refractivity contribution in [3.05, 3.63) is 70.4 Å². The van der Waals surface area contributed by atoms with E-state index in [1.165, 1.54) is 11.1 Å². The molecular formula is C17H14ClNO. The van der Waals surface area contributed by atoms with Gasteiger partial charge in [0.1, 0.15) is 5.15 Å². The lowest BCUT2D eigenvalue weighted by Gasteiger charge is -2.09. The Kier molecular flexibility index (Phi) is 3.33. The van der Waals surface area contributed by atoms with Crippen molar-refractivity contribution in [3.8, 4) is 0 Å². The van der Waals surface area contributed by atoms with Crippen LogP contribution in [0.5, 0.6) is 0 Å². The van der Waals surface area contributed by atoms with Crippen LogP contribution in [-0.4, -0.2) is 10.9 Å².